The largest absolute Gasteiger partial charge is 0.383 e. The Hall–Kier alpha value is -0.120. The molecule has 0 rings (SSSR count). The summed E-state index contributed by atoms with van der Waals surface area (Å²) in [6.45, 7) is 16.5. The Morgan fingerprint density at radius 2 is 1.78 bits per heavy atom. The molecule has 0 saturated heterocycles. The average molecular weight is 258 g/mol. The van der Waals surface area contributed by atoms with E-state index in [0.717, 1.165) is 26.1 Å². The number of methoxy groups -OCH3 is 1. The van der Waals surface area contributed by atoms with Gasteiger partial charge in [0, 0.05) is 37.8 Å². The van der Waals surface area contributed by atoms with E-state index in [9.17, 15) is 0 Å². The van der Waals surface area contributed by atoms with Gasteiger partial charge in [-0.25, -0.2) is 0 Å². The van der Waals surface area contributed by atoms with Crippen molar-refractivity contribution >= 4 is 0 Å². The van der Waals surface area contributed by atoms with Gasteiger partial charge >= 0.3 is 0 Å². The van der Waals surface area contributed by atoms with Crippen LogP contribution in [0.1, 0.15) is 54.4 Å². The molecule has 0 bridgehead atoms. The number of nitrogens with one attached hydrogen (secondary N) is 1. The molecule has 110 valence electrons. The predicted octanol–water partition coefficient (Wildman–Crippen LogP) is 2.90. The number of hydrogen-bond acceptors (Lipinski definition) is 3. The highest BCUT2D eigenvalue weighted by Gasteiger charge is 2.21. The molecule has 0 saturated carbocycles. The van der Waals surface area contributed by atoms with Crippen molar-refractivity contribution in [2.24, 2.45) is 0 Å². The lowest BCUT2D eigenvalue weighted by Gasteiger charge is -2.36. The van der Waals surface area contributed by atoms with Gasteiger partial charge in [0.2, 0.25) is 0 Å². The van der Waals surface area contributed by atoms with Crippen molar-refractivity contribution in [1.82, 2.24) is 10.2 Å². The van der Waals surface area contributed by atoms with Gasteiger partial charge in [-0.05, 0) is 40.5 Å². The lowest BCUT2D eigenvalue weighted by molar-refractivity contribution is 0.0902. The summed E-state index contributed by atoms with van der Waals surface area (Å²) in [4.78, 5) is 2.54. The lowest BCUT2D eigenvalue weighted by Crippen LogP contribution is -2.50. The zero-order chi connectivity index (χ0) is 14.2. The van der Waals surface area contributed by atoms with Crippen LogP contribution >= 0.6 is 0 Å². The Labute approximate surface area is 114 Å². The molecule has 3 heteroatoms. The summed E-state index contributed by atoms with van der Waals surface area (Å²) in [6, 6.07) is 1.16. The number of ether oxygens (including phenoxy) is 1. The third kappa shape index (κ3) is 6.72. The minimum Gasteiger partial charge on any atom is -0.383 e. The minimum absolute atomic E-state index is 0.233. The van der Waals surface area contributed by atoms with Crippen LogP contribution in [0.4, 0.5) is 0 Å². The Morgan fingerprint density at radius 3 is 2.22 bits per heavy atom. The first kappa shape index (κ1) is 17.9. The first-order valence-corrected chi connectivity index (χ1v) is 7.37. The molecule has 0 aliphatic carbocycles. The van der Waals surface area contributed by atoms with Crippen LogP contribution in [0.25, 0.3) is 0 Å². The van der Waals surface area contributed by atoms with Crippen molar-refractivity contribution in [2.45, 2.75) is 72.0 Å². The molecule has 0 fully saturated rings. The van der Waals surface area contributed by atoms with Crippen LogP contribution in [0.2, 0.25) is 0 Å². The maximum atomic E-state index is 5.22. The highest BCUT2D eigenvalue weighted by Crippen LogP contribution is 2.11. The van der Waals surface area contributed by atoms with Crippen LogP contribution in [0, 0.1) is 0 Å². The van der Waals surface area contributed by atoms with E-state index >= 15 is 0 Å². The van der Waals surface area contributed by atoms with Crippen molar-refractivity contribution in [3.8, 4) is 0 Å². The first-order valence-electron chi connectivity index (χ1n) is 7.37. The number of hydrogen-bond donors (Lipinski definition) is 1. The number of nitrogens with zero attached hydrogens (tertiary/aromatic N) is 1. The van der Waals surface area contributed by atoms with Gasteiger partial charge in [0.25, 0.3) is 0 Å². The standard InChI is InChI=1S/C15H34N2O/c1-8-13(3)17(10-11-18-7)14(4)12-16-15(5,6)9-2/h13-14,16H,8-12H2,1-7H3. The van der Waals surface area contributed by atoms with Gasteiger partial charge in [0.05, 0.1) is 6.61 Å². The zero-order valence-electron chi connectivity index (χ0n) is 13.5. The van der Waals surface area contributed by atoms with E-state index in [2.05, 4.69) is 51.8 Å². The van der Waals surface area contributed by atoms with Gasteiger partial charge < -0.3 is 10.1 Å². The minimum atomic E-state index is 0.233. The molecular weight excluding hydrogens is 224 g/mol. The van der Waals surface area contributed by atoms with Crippen LogP contribution < -0.4 is 5.32 Å². The fraction of sp³-hybridized carbons (Fsp3) is 1.00. The van der Waals surface area contributed by atoms with Gasteiger partial charge in [0.15, 0.2) is 0 Å². The summed E-state index contributed by atoms with van der Waals surface area (Å²) >= 11 is 0. The summed E-state index contributed by atoms with van der Waals surface area (Å²) < 4.78 is 5.22. The molecule has 0 aliphatic heterocycles. The molecule has 3 nitrogen and oxygen atoms in total. The molecule has 0 heterocycles. The molecule has 0 aromatic carbocycles. The van der Waals surface area contributed by atoms with Crippen molar-refractivity contribution in [3.05, 3.63) is 0 Å². The van der Waals surface area contributed by atoms with Crippen LogP contribution in [-0.4, -0.2) is 49.3 Å². The summed E-state index contributed by atoms with van der Waals surface area (Å²) in [5.41, 5.74) is 0.233. The monoisotopic (exact) mass is 258 g/mol. The molecule has 18 heavy (non-hydrogen) atoms. The van der Waals surface area contributed by atoms with Crippen LogP contribution in [-0.2, 0) is 4.74 Å². The fourth-order valence-corrected chi connectivity index (χ4v) is 1.97. The summed E-state index contributed by atoms with van der Waals surface area (Å²) in [7, 11) is 1.78. The molecule has 0 aliphatic rings. The topological polar surface area (TPSA) is 24.5 Å². The predicted molar refractivity (Wildman–Crippen MR) is 80.2 cm³/mol. The van der Waals surface area contributed by atoms with Crippen LogP contribution in [0.3, 0.4) is 0 Å². The van der Waals surface area contributed by atoms with Gasteiger partial charge in [-0.2, -0.15) is 0 Å². The van der Waals surface area contributed by atoms with Crippen LogP contribution in [0.5, 0.6) is 0 Å². The first-order chi connectivity index (χ1) is 8.37. The molecule has 1 N–H and O–H groups in total. The molecule has 2 unspecified atom stereocenters. The van der Waals surface area contributed by atoms with E-state index in [0.29, 0.717) is 12.1 Å². The Balaban J connectivity index is 4.32. The summed E-state index contributed by atoms with van der Waals surface area (Å²) in [5.74, 6) is 0. The highest BCUT2D eigenvalue weighted by molar-refractivity contribution is 4.81. The number of rotatable bonds is 10. The SMILES string of the molecule is CCC(C)N(CCOC)C(C)CNC(C)(C)CC. The van der Waals surface area contributed by atoms with Gasteiger partial charge in [0.1, 0.15) is 0 Å². The zero-order valence-corrected chi connectivity index (χ0v) is 13.5. The van der Waals surface area contributed by atoms with Crippen molar-refractivity contribution in [2.75, 3.05) is 26.8 Å². The van der Waals surface area contributed by atoms with E-state index in [-0.39, 0.29) is 5.54 Å². The van der Waals surface area contributed by atoms with Gasteiger partial charge in [-0.3, -0.25) is 4.90 Å². The normalized spacial score (nSPS) is 16.0. The highest BCUT2D eigenvalue weighted by atomic mass is 16.5. The molecule has 0 radical (unpaired) electrons. The second-order valence-electron chi connectivity index (χ2n) is 5.96. The van der Waals surface area contributed by atoms with Crippen molar-refractivity contribution < 1.29 is 4.74 Å². The van der Waals surface area contributed by atoms with E-state index < -0.39 is 0 Å². The van der Waals surface area contributed by atoms with E-state index in [1.165, 1.54) is 6.42 Å². The van der Waals surface area contributed by atoms with Gasteiger partial charge in [-0.15, -0.1) is 0 Å². The smallest absolute Gasteiger partial charge is 0.0589 e. The average Bonchev–Trinajstić information content (AvgIpc) is 2.36. The van der Waals surface area contributed by atoms with Crippen LogP contribution in [0.15, 0.2) is 0 Å². The quantitative estimate of drug-likeness (QED) is 0.652. The molecule has 0 spiro atoms. The Kier molecular flexibility index (Phi) is 8.83. The van der Waals surface area contributed by atoms with Crippen molar-refractivity contribution in [1.29, 1.82) is 0 Å². The maximum Gasteiger partial charge on any atom is 0.0589 e. The maximum absolute atomic E-state index is 5.22. The Morgan fingerprint density at radius 1 is 1.17 bits per heavy atom. The Bertz CT molecular complexity index is 207. The summed E-state index contributed by atoms with van der Waals surface area (Å²) in [5, 5.41) is 3.66. The van der Waals surface area contributed by atoms with E-state index in [1.807, 2.05) is 0 Å². The second-order valence-corrected chi connectivity index (χ2v) is 5.96. The second kappa shape index (κ2) is 8.89. The molecule has 2 atom stereocenters. The lowest BCUT2D eigenvalue weighted by atomic mass is 10.0. The third-order valence-corrected chi connectivity index (χ3v) is 4.04. The van der Waals surface area contributed by atoms with Gasteiger partial charge in [-0.1, -0.05) is 13.8 Å². The summed E-state index contributed by atoms with van der Waals surface area (Å²) in [6.07, 6.45) is 2.34. The molecule has 0 aromatic rings. The molecule has 0 aromatic heterocycles. The fourth-order valence-electron chi connectivity index (χ4n) is 1.97. The molecular formula is C15H34N2O. The molecule has 0 amide bonds. The van der Waals surface area contributed by atoms with E-state index in [4.69, 9.17) is 4.74 Å². The third-order valence-electron chi connectivity index (χ3n) is 4.04. The van der Waals surface area contributed by atoms with Crippen molar-refractivity contribution in [3.63, 3.8) is 0 Å². The van der Waals surface area contributed by atoms with E-state index in [1.54, 1.807) is 7.11 Å².